The highest BCUT2D eigenvalue weighted by Crippen LogP contribution is 2.22. The van der Waals surface area contributed by atoms with E-state index in [9.17, 15) is 9.59 Å². The van der Waals surface area contributed by atoms with Crippen LogP contribution in [0.4, 0.5) is 0 Å². The molecule has 0 spiro atoms. The summed E-state index contributed by atoms with van der Waals surface area (Å²) in [7, 11) is 0. The lowest BCUT2D eigenvalue weighted by Crippen LogP contribution is -2.46. The molecule has 2 aromatic rings. The zero-order valence-electron chi connectivity index (χ0n) is 18.2. The number of benzene rings is 2. The zero-order valence-corrected chi connectivity index (χ0v) is 19.8. The van der Waals surface area contributed by atoms with E-state index in [1.807, 2.05) is 42.5 Å². The van der Waals surface area contributed by atoms with Crippen molar-refractivity contribution in [3.63, 3.8) is 0 Å². The van der Waals surface area contributed by atoms with Crippen LogP contribution in [0.3, 0.4) is 0 Å². The number of nitrogens with one attached hydrogen (secondary N) is 3. The summed E-state index contributed by atoms with van der Waals surface area (Å²) in [5.74, 6) is 0.535. The molecule has 0 radical (unpaired) electrons. The Balaban J connectivity index is 1.56. The second-order valence-electron chi connectivity index (χ2n) is 8.19. The molecule has 0 bridgehead atoms. The lowest BCUT2D eigenvalue weighted by atomic mass is 10.1. The first-order chi connectivity index (χ1) is 15.4. The average molecular weight is 475 g/mol. The summed E-state index contributed by atoms with van der Waals surface area (Å²) < 4.78 is 0. The average Bonchev–Trinajstić information content (AvgIpc) is 3.26. The molecule has 1 aliphatic heterocycles. The first kappa shape index (κ1) is 24.6. The van der Waals surface area contributed by atoms with Crippen molar-refractivity contribution in [2.45, 2.75) is 55.2 Å². The predicted octanol–water partition coefficient (Wildman–Crippen LogP) is 2.74. The molecule has 2 aromatic carbocycles. The van der Waals surface area contributed by atoms with Gasteiger partial charge in [0.15, 0.2) is 0 Å². The van der Waals surface area contributed by atoms with Crippen molar-refractivity contribution in [3.05, 3.63) is 65.2 Å². The number of hydrogen-bond acceptors (Lipinski definition) is 5. The van der Waals surface area contributed by atoms with Gasteiger partial charge in [0, 0.05) is 34.3 Å². The fraction of sp³-hybridized carbons (Fsp3) is 0.417. The normalized spacial score (nSPS) is 19.8. The van der Waals surface area contributed by atoms with Crippen LogP contribution < -0.4 is 21.7 Å². The van der Waals surface area contributed by atoms with Gasteiger partial charge in [-0.1, -0.05) is 41.9 Å². The first-order valence-corrected chi connectivity index (χ1v) is 12.3. The molecule has 0 saturated carbocycles. The third kappa shape index (κ3) is 7.81. The quantitative estimate of drug-likeness (QED) is 0.397. The minimum Gasteiger partial charge on any atom is -0.351 e. The summed E-state index contributed by atoms with van der Waals surface area (Å²) in [4.78, 5) is 25.9. The van der Waals surface area contributed by atoms with Crippen LogP contribution in [0.15, 0.2) is 59.5 Å². The minimum absolute atomic E-state index is 0.0166. The van der Waals surface area contributed by atoms with Gasteiger partial charge in [-0.3, -0.25) is 9.59 Å². The largest absolute Gasteiger partial charge is 0.351 e. The van der Waals surface area contributed by atoms with Gasteiger partial charge < -0.3 is 21.7 Å². The number of nitrogens with two attached hydrogens (primary N) is 1. The molecule has 172 valence electrons. The first-order valence-electron chi connectivity index (χ1n) is 10.9. The SMILES string of the molecule is CC(N)C(=O)NC1CNC(C(=O)NC(CCc2ccccc2)CSc2ccc(Cl)cc2)C1. The highest BCUT2D eigenvalue weighted by Gasteiger charge is 2.31. The van der Waals surface area contributed by atoms with Gasteiger partial charge in [-0.25, -0.2) is 0 Å². The predicted molar refractivity (Wildman–Crippen MR) is 131 cm³/mol. The summed E-state index contributed by atoms with van der Waals surface area (Å²) >= 11 is 7.69. The molecule has 6 nitrogen and oxygen atoms in total. The number of carbonyl (C=O) groups excluding carboxylic acids is 2. The summed E-state index contributed by atoms with van der Waals surface area (Å²) in [6.45, 7) is 2.21. The lowest BCUT2D eigenvalue weighted by Gasteiger charge is -2.21. The molecule has 8 heteroatoms. The second kappa shape index (κ2) is 12.3. The number of hydrogen-bond donors (Lipinski definition) is 4. The number of aryl methyl sites for hydroxylation is 1. The van der Waals surface area contributed by atoms with Crippen molar-refractivity contribution < 1.29 is 9.59 Å². The zero-order chi connectivity index (χ0) is 22.9. The summed E-state index contributed by atoms with van der Waals surface area (Å²) in [6, 6.07) is 17.1. The van der Waals surface area contributed by atoms with E-state index >= 15 is 0 Å². The maximum absolute atomic E-state index is 13.0. The van der Waals surface area contributed by atoms with E-state index in [0.29, 0.717) is 18.0 Å². The topological polar surface area (TPSA) is 96.2 Å². The molecule has 5 N–H and O–H groups in total. The van der Waals surface area contributed by atoms with E-state index in [0.717, 1.165) is 23.5 Å². The van der Waals surface area contributed by atoms with Crippen LogP contribution in [0, 0.1) is 0 Å². The van der Waals surface area contributed by atoms with Crippen LogP contribution in [0.5, 0.6) is 0 Å². The van der Waals surface area contributed by atoms with Crippen molar-refractivity contribution in [1.29, 1.82) is 0 Å². The molecule has 1 heterocycles. The van der Waals surface area contributed by atoms with Crippen LogP contribution in [-0.2, 0) is 16.0 Å². The Morgan fingerprint density at radius 1 is 1.19 bits per heavy atom. The molecule has 0 aromatic heterocycles. The number of thioether (sulfide) groups is 1. The molecule has 1 fully saturated rings. The van der Waals surface area contributed by atoms with Crippen molar-refractivity contribution in [1.82, 2.24) is 16.0 Å². The summed E-state index contributed by atoms with van der Waals surface area (Å²) in [5.41, 5.74) is 6.87. The highest BCUT2D eigenvalue weighted by molar-refractivity contribution is 7.99. The molecule has 4 atom stereocenters. The smallest absolute Gasteiger partial charge is 0.237 e. The number of halogens is 1. The Hall–Kier alpha value is -2.06. The van der Waals surface area contributed by atoms with Gasteiger partial charge in [-0.05, 0) is 56.0 Å². The van der Waals surface area contributed by atoms with E-state index in [1.165, 1.54) is 5.56 Å². The van der Waals surface area contributed by atoms with Crippen molar-refractivity contribution in [2.75, 3.05) is 12.3 Å². The van der Waals surface area contributed by atoms with E-state index in [1.54, 1.807) is 18.7 Å². The summed E-state index contributed by atoms with van der Waals surface area (Å²) in [5, 5.41) is 10.0. The third-order valence-corrected chi connectivity index (χ3v) is 6.87. The van der Waals surface area contributed by atoms with Crippen LogP contribution in [0.2, 0.25) is 5.02 Å². The van der Waals surface area contributed by atoms with Crippen molar-refractivity contribution in [2.24, 2.45) is 5.73 Å². The van der Waals surface area contributed by atoms with E-state index in [-0.39, 0.29) is 29.9 Å². The van der Waals surface area contributed by atoms with Gasteiger partial charge in [-0.15, -0.1) is 11.8 Å². The van der Waals surface area contributed by atoms with Gasteiger partial charge in [0.25, 0.3) is 0 Å². The molecule has 0 aliphatic carbocycles. The number of rotatable bonds is 10. The molecular weight excluding hydrogens is 444 g/mol. The minimum atomic E-state index is -0.560. The Morgan fingerprint density at radius 3 is 2.59 bits per heavy atom. The Bertz CT molecular complexity index is 879. The lowest BCUT2D eigenvalue weighted by molar-refractivity contribution is -0.124. The van der Waals surface area contributed by atoms with Crippen LogP contribution in [-0.4, -0.2) is 48.3 Å². The molecule has 1 aliphatic rings. The molecule has 2 amide bonds. The van der Waals surface area contributed by atoms with Gasteiger partial charge in [0.1, 0.15) is 0 Å². The molecule has 1 saturated heterocycles. The van der Waals surface area contributed by atoms with Crippen molar-refractivity contribution in [3.8, 4) is 0 Å². The van der Waals surface area contributed by atoms with E-state index < -0.39 is 6.04 Å². The van der Waals surface area contributed by atoms with Crippen LogP contribution in [0.25, 0.3) is 0 Å². The van der Waals surface area contributed by atoms with Crippen LogP contribution >= 0.6 is 23.4 Å². The highest BCUT2D eigenvalue weighted by atomic mass is 35.5. The Kier molecular flexibility index (Phi) is 9.41. The Labute approximate surface area is 199 Å². The van der Waals surface area contributed by atoms with Crippen molar-refractivity contribution >= 4 is 35.2 Å². The van der Waals surface area contributed by atoms with Gasteiger partial charge in [-0.2, -0.15) is 0 Å². The molecule has 32 heavy (non-hydrogen) atoms. The Morgan fingerprint density at radius 2 is 1.91 bits per heavy atom. The fourth-order valence-corrected chi connectivity index (χ4v) is 4.69. The molecule has 3 rings (SSSR count). The van der Waals surface area contributed by atoms with E-state index in [4.69, 9.17) is 17.3 Å². The van der Waals surface area contributed by atoms with Crippen LogP contribution in [0.1, 0.15) is 25.3 Å². The van der Waals surface area contributed by atoms with E-state index in [2.05, 4.69) is 28.1 Å². The molecule has 4 unspecified atom stereocenters. The van der Waals surface area contributed by atoms with Gasteiger partial charge in [0.05, 0.1) is 12.1 Å². The van der Waals surface area contributed by atoms with Gasteiger partial charge >= 0.3 is 0 Å². The fourth-order valence-electron chi connectivity index (χ4n) is 3.59. The maximum atomic E-state index is 13.0. The second-order valence-corrected chi connectivity index (χ2v) is 9.72. The standard InChI is InChI=1S/C24H31ClN4O2S/c1-16(26)23(30)29-20-13-22(27-14-20)24(31)28-19(10-7-17-5-3-2-4-6-17)15-32-21-11-8-18(25)9-12-21/h2-6,8-9,11-12,16,19-20,22,27H,7,10,13-15,26H2,1H3,(H,28,31)(H,29,30). The van der Waals surface area contributed by atoms with Gasteiger partial charge in [0.2, 0.25) is 11.8 Å². The third-order valence-electron chi connectivity index (χ3n) is 5.44. The number of amides is 2. The molecular formula is C24H31ClN4O2S. The summed E-state index contributed by atoms with van der Waals surface area (Å²) in [6.07, 6.45) is 2.28. The monoisotopic (exact) mass is 474 g/mol. The number of carbonyl (C=O) groups is 2. The maximum Gasteiger partial charge on any atom is 0.237 e.